The van der Waals surface area contributed by atoms with Crippen LogP contribution in [0.25, 0.3) is 0 Å². The number of sulfonamides is 1. The van der Waals surface area contributed by atoms with Crippen LogP contribution in [-0.2, 0) is 14.8 Å². The molecule has 22 heavy (non-hydrogen) atoms. The zero-order valence-electron chi connectivity index (χ0n) is 12.3. The second-order valence-corrected chi connectivity index (χ2v) is 7.76. The van der Waals surface area contributed by atoms with Gasteiger partial charge in [-0.05, 0) is 49.9 Å². The normalized spacial score (nSPS) is 23.4. The first-order valence-corrected chi connectivity index (χ1v) is 8.78. The molecule has 3 rings (SSSR count). The number of aryl methyl sites for hydroxylation is 1. The summed E-state index contributed by atoms with van der Waals surface area (Å²) >= 11 is 0. The van der Waals surface area contributed by atoms with Crippen molar-refractivity contribution < 1.29 is 23.1 Å². The van der Waals surface area contributed by atoms with Crippen LogP contribution < -0.4 is 4.72 Å². The first-order valence-electron chi connectivity index (χ1n) is 7.30. The average Bonchev–Trinajstić information content (AvgIpc) is 3.01. The van der Waals surface area contributed by atoms with Gasteiger partial charge < -0.3 is 9.84 Å². The standard InChI is InChI=1S/C15H19NO5S/c1-10-8-11(14(17)18)2-3-13(10)22(19,20)16-15(5-6-15)12-4-7-21-9-12/h2-3,8,12,16H,4-7,9H2,1H3,(H,17,18). The van der Waals surface area contributed by atoms with Crippen molar-refractivity contribution in [1.29, 1.82) is 0 Å². The zero-order chi connectivity index (χ0) is 16.0. The van der Waals surface area contributed by atoms with Gasteiger partial charge in [-0.25, -0.2) is 17.9 Å². The van der Waals surface area contributed by atoms with Crippen LogP contribution >= 0.6 is 0 Å². The first-order chi connectivity index (χ1) is 10.3. The van der Waals surface area contributed by atoms with E-state index in [1.165, 1.54) is 18.2 Å². The molecular weight excluding hydrogens is 306 g/mol. The molecule has 0 bridgehead atoms. The molecule has 0 spiro atoms. The number of carboxylic acid groups (broad SMARTS) is 1. The molecule has 0 amide bonds. The van der Waals surface area contributed by atoms with E-state index >= 15 is 0 Å². The Balaban J connectivity index is 1.86. The summed E-state index contributed by atoms with van der Waals surface area (Å²) in [5, 5.41) is 8.96. The maximum atomic E-state index is 12.6. The average molecular weight is 325 g/mol. The van der Waals surface area contributed by atoms with Gasteiger partial charge in [0.1, 0.15) is 0 Å². The molecule has 1 aromatic rings. The van der Waals surface area contributed by atoms with Gasteiger partial charge in [-0.3, -0.25) is 0 Å². The lowest BCUT2D eigenvalue weighted by Gasteiger charge is -2.23. The smallest absolute Gasteiger partial charge is 0.335 e. The van der Waals surface area contributed by atoms with Crippen LogP contribution in [0.4, 0.5) is 0 Å². The Hall–Kier alpha value is -1.44. The maximum absolute atomic E-state index is 12.6. The number of rotatable bonds is 5. The lowest BCUT2D eigenvalue weighted by molar-refractivity contribution is 0.0696. The summed E-state index contributed by atoms with van der Waals surface area (Å²) < 4.78 is 33.5. The minimum atomic E-state index is -3.66. The number of aromatic carboxylic acids is 1. The number of carboxylic acids is 1. The zero-order valence-corrected chi connectivity index (χ0v) is 13.1. The molecule has 1 aliphatic carbocycles. The van der Waals surface area contributed by atoms with E-state index in [0.29, 0.717) is 18.8 Å². The molecule has 2 N–H and O–H groups in total. The maximum Gasteiger partial charge on any atom is 0.335 e. The van der Waals surface area contributed by atoms with Crippen molar-refractivity contribution in [3.8, 4) is 0 Å². The molecule has 2 aliphatic rings. The van der Waals surface area contributed by atoms with Crippen LogP contribution in [0.5, 0.6) is 0 Å². The van der Waals surface area contributed by atoms with Crippen LogP contribution in [0.3, 0.4) is 0 Å². The molecule has 1 heterocycles. The summed E-state index contributed by atoms with van der Waals surface area (Å²) in [6.07, 6.45) is 2.53. The van der Waals surface area contributed by atoms with Crippen molar-refractivity contribution in [3.63, 3.8) is 0 Å². The van der Waals surface area contributed by atoms with E-state index in [-0.39, 0.29) is 21.9 Å². The summed E-state index contributed by atoms with van der Waals surface area (Å²) in [5.41, 5.74) is 0.139. The molecule has 1 unspecified atom stereocenters. The van der Waals surface area contributed by atoms with Gasteiger partial charge in [-0.2, -0.15) is 0 Å². The van der Waals surface area contributed by atoms with Gasteiger partial charge in [0.15, 0.2) is 0 Å². The van der Waals surface area contributed by atoms with Crippen molar-refractivity contribution in [1.82, 2.24) is 4.72 Å². The first kappa shape index (κ1) is 15.5. The Morgan fingerprint density at radius 1 is 1.41 bits per heavy atom. The van der Waals surface area contributed by atoms with Crippen molar-refractivity contribution in [2.75, 3.05) is 13.2 Å². The summed E-state index contributed by atoms with van der Waals surface area (Å²) in [5.74, 6) is -0.845. The molecule has 2 fully saturated rings. The SMILES string of the molecule is Cc1cc(C(=O)O)ccc1S(=O)(=O)NC1(C2CCOC2)CC1. The fraction of sp³-hybridized carbons (Fsp3) is 0.533. The molecule has 1 aromatic carbocycles. The largest absolute Gasteiger partial charge is 0.478 e. The number of carbonyl (C=O) groups is 1. The lowest BCUT2D eigenvalue weighted by Crippen LogP contribution is -2.43. The predicted octanol–water partition coefficient (Wildman–Crippen LogP) is 1.54. The number of ether oxygens (including phenoxy) is 1. The Kier molecular flexibility index (Phi) is 3.74. The van der Waals surface area contributed by atoms with Gasteiger partial charge >= 0.3 is 5.97 Å². The van der Waals surface area contributed by atoms with Crippen LogP contribution in [0.1, 0.15) is 35.2 Å². The van der Waals surface area contributed by atoms with Crippen LogP contribution in [0.15, 0.2) is 23.1 Å². The second-order valence-electron chi connectivity index (χ2n) is 6.11. The Morgan fingerprint density at radius 2 is 2.14 bits per heavy atom. The molecule has 7 heteroatoms. The van der Waals surface area contributed by atoms with Gasteiger partial charge in [-0.1, -0.05) is 0 Å². The van der Waals surface area contributed by atoms with Crippen LogP contribution in [0.2, 0.25) is 0 Å². The molecule has 0 aromatic heterocycles. The highest BCUT2D eigenvalue weighted by molar-refractivity contribution is 7.89. The molecule has 0 radical (unpaired) electrons. The fourth-order valence-electron chi connectivity index (χ4n) is 3.11. The van der Waals surface area contributed by atoms with E-state index in [4.69, 9.17) is 9.84 Å². The van der Waals surface area contributed by atoms with Crippen LogP contribution in [0, 0.1) is 12.8 Å². The Labute approximate surface area is 129 Å². The van der Waals surface area contributed by atoms with Crippen molar-refractivity contribution >= 4 is 16.0 Å². The Bertz CT molecular complexity index is 703. The number of benzene rings is 1. The topological polar surface area (TPSA) is 92.7 Å². The minimum absolute atomic E-state index is 0.0850. The van der Waals surface area contributed by atoms with Gasteiger partial charge in [-0.15, -0.1) is 0 Å². The molecule has 1 saturated carbocycles. The molecule has 6 nitrogen and oxygen atoms in total. The van der Waals surface area contributed by atoms with Crippen molar-refractivity contribution in [2.45, 2.75) is 36.6 Å². The fourth-order valence-corrected chi connectivity index (χ4v) is 4.85. The van der Waals surface area contributed by atoms with Gasteiger partial charge in [0.2, 0.25) is 10.0 Å². The summed E-state index contributed by atoms with van der Waals surface area (Å²) in [7, 11) is -3.66. The third kappa shape index (κ3) is 2.76. The highest BCUT2D eigenvalue weighted by Gasteiger charge is 2.53. The quantitative estimate of drug-likeness (QED) is 0.856. The summed E-state index contributed by atoms with van der Waals surface area (Å²) in [4.78, 5) is 11.1. The van der Waals surface area contributed by atoms with Crippen molar-refractivity contribution in [3.05, 3.63) is 29.3 Å². The molecule has 1 aliphatic heterocycles. The highest BCUT2D eigenvalue weighted by Crippen LogP contribution is 2.46. The number of nitrogens with one attached hydrogen (secondary N) is 1. The summed E-state index contributed by atoms with van der Waals surface area (Å²) in [6, 6.07) is 4.07. The van der Waals surface area contributed by atoms with Gasteiger partial charge in [0.05, 0.1) is 17.1 Å². The monoisotopic (exact) mass is 325 g/mol. The van der Waals surface area contributed by atoms with E-state index < -0.39 is 16.0 Å². The van der Waals surface area contributed by atoms with Crippen molar-refractivity contribution in [2.24, 2.45) is 5.92 Å². The molecule has 1 saturated heterocycles. The van der Waals surface area contributed by atoms with Gasteiger partial charge in [0.25, 0.3) is 0 Å². The van der Waals surface area contributed by atoms with E-state index in [0.717, 1.165) is 19.3 Å². The second kappa shape index (κ2) is 5.33. The number of hydrogen-bond acceptors (Lipinski definition) is 4. The molecule has 1 atom stereocenters. The summed E-state index contributed by atoms with van der Waals surface area (Å²) in [6.45, 7) is 2.89. The Morgan fingerprint density at radius 3 is 2.64 bits per heavy atom. The van der Waals surface area contributed by atoms with E-state index in [9.17, 15) is 13.2 Å². The predicted molar refractivity (Wildman–Crippen MR) is 79.4 cm³/mol. The minimum Gasteiger partial charge on any atom is -0.478 e. The van der Waals surface area contributed by atoms with E-state index in [1.807, 2.05) is 0 Å². The van der Waals surface area contributed by atoms with E-state index in [1.54, 1.807) is 6.92 Å². The van der Waals surface area contributed by atoms with E-state index in [2.05, 4.69) is 4.72 Å². The lowest BCUT2D eigenvalue weighted by atomic mass is 9.98. The third-order valence-corrected chi connectivity index (χ3v) is 6.26. The molecule has 120 valence electrons. The third-order valence-electron chi connectivity index (χ3n) is 4.55. The number of hydrogen-bond donors (Lipinski definition) is 2. The van der Waals surface area contributed by atoms with Gasteiger partial charge in [0, 0.05) is 18.1 Å². The highest BCUT2D eigenvalue weighted by atomic mass is 32.2. The molecular formula is C15H19NO5S. The van der Waals surface area contributed by atoms with Crippen LogP contribution in [-0.4, -0.2) is 38.2 Å².